The molecular formula is C10H16O4. The van der Waals surface area contributed by atoms with Crippen LogP contribution in [-0.4, -0.2) is 0 Å². The molecule has 0 aliphatic rings. The van der Waals surface area contributed by atoms with Gasteiger partial charge in [0.15, 0.2) is 0 Å². The van der Waals surface area contributed by atoms with Gasteiger partial charge >= 0.3 is 11.3 Å². The quantitative estimate of drug-likeness (QED) is 0.682. The monoisotopic (exact) mass is 200 g/mol. The van der Waals surface area contributed by atoms with Gasteiger partial charge in [0.1, 0.15) is 11.5 Å². The van der Waals surface area contributed by atoms with E-state index in [0.717, 1.165) is 0 Å². The molecule has 0 aliphatic heterocycles. The lowest BCUT2D eigenvalue weighted by Gasteiger charge is -1.98. The molecule has 0 aliphatic carbocycles. The number of aryl methyl sites for hydroxylation is 2. The SMILES string of the molecule is CC.CCc1oc(=O)c(=O)oc1CC. The van der Waals surface area contributed by atoms with E-state index in [-0.39, 0.29) is 0 Å². The van der Waals surface area contributed by atoms with E-state index in [1.54, 1.807) is 0 Å². The molecule has 0 radical (unpaired) electrons. The molecule has 0 bridgehead atoms. The minimum atomic E-state index is -0.927. The van der Waals surface area contributed by atoms with Gasteiger partial charge in [0.05, 0.1) is 0 Å². The van der Waals surface area contributed by atoms with Gasteiger partial charge < -0.3 is 8.83 Å². The molecule has 1 aromatic rings. The lowest BCUT2D eigenvalue weighted by Crippen LogP contribution is -2.23. The van der Waals surface area contributed by atoms with Crippen molar-refractivity contribution in [1.82, 2.24) is 0 Å². The summed E-state index contributed by atoms with van der Waals surface area (Å²) in [6, 6.07) is 0. The van der Waals surface area contributed by atoms with E-state index in [9.17, 15) is 9.59 Å². The highest BCUT2D eigenvalue weighted by Gasteiger charge is 2.07. The molecule has 0 saturated carbocycles. The van der Waals surface area contributed by atoms with E-state index in [0.29, 0.717) is 24.4 Å². The van der Waals surface area contributed by atoms with Crippen molar-refractivity contribution in [3.05, 3.63) is 32.4 Å². The van der Waals surface area contributed by atoms with Crippen LogP contribution in [0.2, 0.25) is 0 Å². The van der Waals surface area contributed by atoms with Gasteiger partial charge in [0.2, 0.25) is 0 Å². The molecule has 14 heavy (non-hydrogen) atoms. The Hall–Kier alpha value is -1.32. The predicted molar refractivity (Wildman–Crippen MR) is 53.6 cm³/mol. The Bertz CT molecular complexity index is 335. The van der Waals surface area contributed by atoms with Crippen molar-refractivity contribution in [2.75, 3.05) is 0 Å². The second kappa shape index (κ2) is 6.18. The van der Waals surface area contributed by atoms with Gasteiger partial charge in [-0.15, -0.1) is 0 Å². The molecule has 1 aromatic heterocycles. The van der Waals surface area contributed by atoms with E-state index in [1.807, 2.05) is 27.7 Å². The fraction of sp³-hybridized carbons (Fsp3) is 0.600. The first kappa shape index (κ1) is 12.7. The summed E-state index contributed by atoms with van der Waals surface area (Å²) in [6.07, 6.45) is 1.12. The highest BCUT2D eigenvalue weighted by atomic mass is 16.5. The Kier molecular flexibility index (Phi) is 5.60. The first-order valence-corrected chi connectivity index (χ1v) is 4.85. The van der Waals surface area contributed by atoms with Crippen molar-refractivity contribution in [1.29, 1.82) is 0 Å². The summed E-state index contributed by atoms with van der Waals surface area (Å²) in [5.41, 5.74) is -1.85. The average molecular weight is 200 g/mol. The molecular weight excluding hydrogens is 184 g/mol. The predicted octanol–water partition coefficient (Wildman–Crippen LogP) is 1.74. The number of hydrogen-bond donors (Lipinski definition) is 0. The lowest BCUT2D eigenvalue weighted by molar-refractivity contribution is 0.335. The Balaban J connectivity index is 0.000000791. The molecule has 0 atom stereocenters. The largest absolute Gasteiger partial charge is 0.423 e. The van der Waals surface area contributed by atoms with E-state index < -0.39 is 11.3 Å². The van der Waals surface area contributed by atoms with Crippen LogP contribution in [0, 0.1) is 0 Å². The standard InChI is InChI=1S/C8H10O4.C2H6/c1-3-5-6(4-2)12-8(10)7(9)11-5;1-2/h3-4H2,1-2H3;1-2H3. The van der Waals surface area contributed by atoms with Crippen molar-refractivity contribution >= 4 is 0 Å². The van der Waals surface area contributed by atoms with Gasteiger partial charge in [-0.3, -0.25) is 0 Å². The highest BCUT2D eigenvalue weighted by molar-refractivity contribution is 5.02. The van der Waals surface area contributed by atoms with Gasteiger partial charge in [-0.1, -0.05) is 27.7 Å². The third-order valence-electron chi connectivity index (χ3n) is 1.55. The van der Waals surface area contributed by atoms with E-state index >= 15 is 0 Å². The van der Waals surface area contributed by atoms with Crippen molar-refractivity contribution < 1.29 is 8.83 Å². The van der Waals surface area contributed by atoms with Gasteiger partial charge in [0, 0.05) is 12.8 Å². The van der Waals surface area contributed by atoms with Crippen LogP contribution in [0.25, 0.3) is 0 Å². The smallest absolute Gasteiger partial charge is 0.419 e. The van der Waals surface area contributed by atoms with Crippen LogP contribution in [-0.2, 0) is 12.8 Å². The fourth-order valence-corrected chi connectivity index (χ4v) is 0.960. The first-order valence-electron chi connectivity index (χ1n) is 4.85. The van der Waals surface area contributed by atoms with E-state index in [2.05, 4.69) is 0 Å². The molecule has 0 spiro atoms. The molecule has 4 heteroatoms. The fourth-order valence-electron chi connectivity index (χ4n) is 0.960. The number of rotatable bonds is 2. The molecule has 0 aromatic carbocycles. The molecule has 1 heterocycles. The molecule has 0 N–H and O–H groups in total. The Morgan fingerprint density at radius 1 is 0.857 bits per heavy atom. The van der Waals surface area contributed by atoms with Crippen LogP contribution in [0.15, 0.2) is 18.4 Å². The third kappa shape index (κ3) is 2.87. The molecule has 80 valence electrons. The Morgan fingerprint density at radius 3 is 1.36 bits per heavy atom. The van der Waals surface area contributed by atoms with Crippen molar-refractivity contribution in [2.24, 2.45) is 0 Å². The number of hydrogen-bond acceptors (Lipinski definition) is 4. The maximum Gasteiger partial charge on any atom is 0.423 e. The normalized spacial score (nSPS) is 9.14. The summed E-state index contributed by atoms with van der Waals surface area (Å²) in [5.74, 6) is 0.921. The molecule has 0 amide bonds. The van der Waals surface area contributed by atoms with Gasteiger partial charge in [-0.2, -0.15) is 0 Å². The summed E-state index contributed by atoms with van der Waals surface area (Å²) >= 11 is 0. The van der Waals surface area contributed by atoms with Gasteiger partial charge in [-0.05, 0) is 0 Å². The minimum absolute atomic E-state index is 0.460. The maximum absolute atomic E-state index is 10.7. The third-order valence-corrected chi connectivity index (χ3v) is 1.55. The molecule has 0 saturated heterocycles. The molecule has 0 unspecified atom stereocenters. The summed E-state index contributed by atoms with van der Waals surface area (Å²) in [4.78, 5) is 21.4. The van der Waals surface area contributed by atoms with Crippen molar-refractivity contribution in [3.8, 4) is 0 Å². The molecule has 0 fully saturated rings. The zero-order chi connectivity index (χ0) is 11.1. The van der Waals surface area contributed by atoms with E-state index in [1.165, 1.54) is 0 Å². The summed E-state index contributed by atoms with van der Waals surface area (Å²) in [7, 11) is 0. The zero-order valence-corrected chi connectivity index (χ0v) is 9.05. The topological polar surface area (TPSA) is 60.4 Å². The molecule has 1 rings (SSSR count). The maximum atomic E-state index is 10.7. The summed E-state index contributed by atoms with van der Waals surface area (Å²) < 4.78 is 9.43. The van der Waals surface area contributed by atoms with Crippen LogP contribution >= 0.6 is 0 Å². The summed E-state index contributed by atoms with van der Waals surface area (Å²) in [6.45, 7) is 7.66. The van der Waals surface area contributed by atoms with Crippen molar-refractivity contribution in [2.45, 2.75) is 40.5 Å². The molecule has 4 nitrogen and oxygen atoms in total. The van der Waals surface area contributed by atoms with Gasteiger partial charge in [-0.25, -0.2) is 9.59 Å². The zero-order valence-electron chi connectivity index (χ0n) is 9.05. The highest BCUT2D eigenvalue weighted by Crippen LogP contribution is 2.04. The second-order valence-electron chi connectivity index (χ2n) is 2.33. The van der Waals surface area contributed by atoms with Crippen LogP contribution < -0.4 is 11.3 Å². The first-order chi connectivity index (χ1) is 6.69. The average Bonchev–Trinajstić information content (AvgIpc) is 2.24. The summed E-state index contributed by atoms with van der Waals surface area (Å²) in [5, 5.41) is 0. The van der Waals surface area contributed by atoms with Crippen LogP contribution in [0.5, 0.6) is 0 Å². The lowest BCUT2D eigenvalue weighted by atomic mass is 10.2. The van der Waals surface area contributed by atoms with Crippen LogP contribution in [0.3, 0.4) is 0 Å². The minimum Gasteiger partial charge on any atom is -0.419 e. The van der Waals surface area contributed by atoms with Crippen LogP contribution in [0.4, 0.5) is 0 Å². The second-order valence-corrected chi connectivity index (χ2v) is 2.33. The van der Waals surface area contributed by atoms with Crippen LogP contribution in [0.1, 0.15) is 39.2 Å². The van der Waals surface area contributed by atoms with Gasteiger partial charge in [0.25, 0.3) is 0 Å². The Morgan fingerprint density at radius 2 is 1.14 bits per heavy atom. The van der Waals surface area contributed by atoms with E-state index in [4.69, 9.17) is 8.83 Å². The Labute approximate surface area is 82.6 Å². The van der Waals surface area contributed by atoms with Crippen molar-refractivity contribution in [3.63, 3.8) is 0 Å².